The summed E-state index contributed by atoms with van der Waals surface area (Å²) < 4.78 is 0. The van der Waals surface area contributed by atoms with Gasteiger partial charge in [0.25, 0.3) is 0 Å². The first kappa shape index (κ1) is 12.3. The zero-order valence-electron chi connectivity index (χ0n) is 11.1. The van der Waals surface area contributed by atoms with Gasteiger partial charge in [-0.25, -0.2) is 9.97 Å². The lowest BCUT2D eigenvalue weighted by atomic mass is 10.2. The number of pyridine rings is 1. The minimum absolute atomic E-state index is 0.761. The Bertz CT molecular complexity index is 860. The maximum absolute atomic E-state index is 4.59. The van der Waals surface area contributed by atoms with Crippen LogP contribution < -0.4 is 0 Å². The molecule has 2 aromatic heterocycles. The predicted octanol–water partition coefficient (Wildman–Crippen LogP) is 4.33. The summed E-state index contributed by atoms with van der Waals surface area (Å²) in [7, 11) is 0. The number of fused-ring (bicyclic) bond motifs is 2. The van der Waals surface area contributed by atoms with Crippen LogP contribution in [-0.4, -0.2) is 15.0 Å². The van der Waals surface area contributed by atoms with E-state index in [2.05, 4.69) is 33.2 Å². The summed E-state index contributed by atoms with van der Waals surface area (Å²) in [5.74, 6) is 0. The van der Waals surface area contributed by atoms with E-state index in [0.29, 0.717) is 0 Å². The first-order chi connectivity index (χ1) is 10.4. The Balaban J connectivity index is 1.71. The topological polar surface area (TPSA) is 38.7 Å². The van der Waals surface area contributed by atoms with E-state index in [1.165, 1.54) is 0 Å². The average Bonchev–Trinajstić information content (AvgIpc) is 2.55. The molecule has 2 heterocycles. The van der Waals surface area contributed by atoms with Crippen molar-refractivity contribution in [1.29, 1.82) is 0 Å². The number of nitrogens with zero attached hydrogens (tertiary/aromatic N) is 3. The summed E-state index contributed by atoms with van der Waals surface area (Å²) in [5.41, 5.74) is 1.97. The Morgan fingerprint density at radius 1 is 0.762 bits per heavy atom. The molecule has 0 unspecified atom stereocenters. The molecule has 0 amide bonds. The highest BCUT2D eigenvalue weighted by atomic mass is 32.2. The molecule has 3 nitrogen and oxygen atoms in total. The van der Waals surface area contributed by atoms with Crippen LogP contribution in [0.5, 0.6) is 0 Å². The number of benzene rings is 2. The molecule has 100 valence electrons. The summed E-state index contributed by atoms with van der Waals surface area (Å²) >= 11 is 1.57. The normalized spacial score (nSPS) is 11.0. The van der Waals surface area contributed by atoms with Crippen molar-refractivity contribution >= 4 is 33.6 Å². The van der Waals surface area contributed by atoms with E-state index in [1.807, 2.05) is 48.8 Å². The van der Waals surface area contributed by atoms with Crippen LogP contribution in [0.3, 0.4) is 0 Å². The molecule has 21 heavy (non-hydrogen) atoms. The molecule has 4 heteroatoms. The van der Waals surface area contributed by atoms with E-state index < -0.39 is 0 Å². The fourth-order valence-electron chi connectivity index (χ4n) is 2.23. The molecule has 0 saturated carbocycles. The molecule has 0 aliphatic carbocycles. The molecular formula is C17H11N3S. The number of para-hydroxylation sites is 1. The maximum Gasteiger partial charge on any atom is 0.192 e. The van der Waals surface area contributed by atoms with Gasteiger partial charge >= 0.3 is 0 Å². The predicted molar refractivity (Wildman–Crippen MR) is 85.4 cm³/mol. The molecule has 0 aliphatic heterocycles. The van der Waals surface area contributed by atoms with Crippen LogP contribution in [0, 0.1) is 0 Å². The molecule has 0 fully saturated rings. The lowest BCUT2D eigenvalue weighted by Crippen LogP contribution is -1.87. The summed E-state index contributed by atoms with van der Waals surface area (Å²) in [6.45, 7) is 0. The van der Waals surface area contributed by atoms with Crippen molar-refractivity contribution in [2.24, 2.45) is 0 Å². The average molecular weight is 289 g/mol. The van der Waals surface area contributed by atoms with Crippen LogP contribution in [0.25, 0.3) is 21.8 Å². The quantitative estimate of drug-likeness (QED) is 0.515. The summed E-state index contributed by atoms with van der Waals surface area (Å²) in [5, 5.41) is 2.95. The lowest BCUT2D eigenvalue weighted by Gasteiger charge is -2.03. The molecule has 0 N–H and O–H groups in total. The summed E-state index contributed by atoms with van der Waals surface area (Å²) in [6, 6.07) is 18.2. The first-order valence-electron chi connectivity index (χ1n) is 6.63. The second-order valence-electron chi connectivity index (χ2n) is 4.67. The Morgan fingerprint density at radius 3 is 2.67 bits per heavy atom. The van der Waals surface area contributed by atoms with Gasteiger partial charge in [-0.3, -0.25) is 4.98 Å². The maximum atomic E-state index is 4.59. The van der Waals surface area contributed by atoms with Crippen LogP contribution >= 0.6 is 11.8 Å². The van der Waals surface area contributed by atoms with Gasteiger partial charge in [0.1, 0.15) is 0 Å². The van der Waals surface area contributed by atoms with Crippen molar-refractivity contribution in [3.8, 4) is 0 Å². The number of aromatic nitrogens is 3. The number of rotatable bonds is 2. The Kier molecular flexibility index (Phi) is 3.01. The molecule has 4 rings (SSSR count). The number of hydrogen-bond acceptors (Lipinski definition) is 4. The zero-order chi connectivity index (χ0) is 14.1. The Labute approximate surface area is 126 Å². The van der Waals surface area contributed by atoms with Crippen molar-refractivity contribution in [2.75, 3.05) is 0 Å². The third-order valence-electron chi connectivity index (χ3n) is 3.25. The van der Waals surface area contributed by atoms with E-state index in [4.69, 9.17) is 0 Å². The SMILES string of the molecule is c1cnc2ccc(Sc3ncc4ccccc4n3)cc2c1. The van der Waals surface area contributed by atoms with Crippen LogP contribution in [0.2, 0.25) is 0 Å². The highest BCUT2D eigenvalue weighted by molar-refractivity contribution is 7.99. The van der Waals surface area contributed by atoms with Crippen LogP contribution in [-0.2, 0) is 0 Å². The van der Waals surface area contributed by atoms with Crippen LogP contribution in [0.15, 0.2) is 77.0 Å². The van der Waals surface area contributed by atoms with Gasteiger partial charge in [0, 0.05) is 28.1 Å². The van der Waals surface area contributed by atoms with E-state index in [0.717, 1.165) is 31.9 Å². The van der Waals surface area contributed by atoms with Crippen molar-refractivity contribution in [1.82, 2.24) is 15.0 Å². The van der Waals surface area contributed by atoms with Gasteiger partial charge < -0.3 is 0 Å². The highest BCUT2D eigenvalue weighted by Gasteiger charge is 2.03. The monoisotopic (exact) mass is 289 g/mol. The van der Waals surface area contributed by atoms with Crippen molar-refractivity contribution in [3.63, 3.8) is 0 Å². The fourth-order valence-corrected chi connectivity index (χ4v) is 3.01. The standard InChI is InChI=1S/C17H11N3S/c1-2-6-16-13(4-1)11-19-17(20-16)21-14-7-8-15-12(10-14)5-3-9-18-15/h1-11H. The van der Waals surface area contributed by atoms with Crippen LogP contribution in [0.1, 0.15) is 0 Å². The van der Waals surface area contributed by atoms with Gasteiger partial charge in [0.05, 0.1) is 11.0 Å². The summed E-state index contributed by atoms with van der Waals surface area (Å²) in [6.07, 6.45) is 3.68. The zero-order valence-corrected chi connectivity index (χ0v) is 11.9. The number of hydrogen-bond donors (Lipinski definition) is 0. The van der Waals surface area contributed by atoms with E-state index in [9.17, 15) is 0 Å². The van der Waals surface area contributed by atoms with E-state index in [-0.39, 0.29) is 0 Å². The van der Waals surface area contributed by atoms with Gasteiger partial charge in [0.2, 0.25) is 0 Å². The summed E-state index contributed by atoms with van der Waals surface area (Å²) in [4.78, 5) is 14.5. The van der Waals surface area contributed by atoms with Crippen molar-refractivity contribution < 1.29 is 0 Å². The highest BCUT2D eigenvalue weighted by Crippen LogP contribution is 2.28. The largest absolute Gasteiger partial charge is 0.256 e. The fraction of sp³-hybridized carbons (Fsp3) is 0. The minimum atomic E-state index is 0.761. The lowest BCUT2D eigenvalue weighted by molar-refractivity contribution is 1.00. The van der Waals surface area contributed by atoms with E-state index >= 15 is 0 Å². The van der Waals surface area contributed by atoms with Crippen molar-refractivity contribution in [3.05, 3.63) is 67.0 Å². The molecule has 0 spiro atoms. The second-order valence-corrected chi connectivity index (χ2v) is 5.71. The Hall–Kier alpha value is -2.46. The molecule has 0 bridgehead atoms. The molecule has 4 aromatic rings. The first-order valence-corrected chi connectivity index (χ1v) is 7.44. The van der Waals surface area contributed by atoms with Gasteiger partial charge in [-0.1, -0.05) is 24.3 Å². The molecular weight excluding hydrogens is 278 g/mol. The van der Waals surface area contributed by atoms with Gasteiger partial charge in [0.15, 0.2) is 5.16 Å². The molecule has 0 radical (unpaired) electrons. The third kappa shape index (κ3) is 2.45. The smallest absolute Gasteiger partial charge is 0.192 e. The van der Waals surface area contributed by atoms with Gasteiger partial charge in [-0.2, -0.15) is 0 Å². The molecule has 0 atom stereocenters. The van der Waals surface area contributed by atoms with Crippen LogP contribution in [0.4, 0.5) is 0 Å². The molecule has 0 aliphatic rings. The molecule has 2 aromatic carbocycles. The van der Waals surface area contributed by atoms with Gasteiger partial charge in [-0.05, 0) is 42.1 Å². The Morgan fingerprint density at radius 2 is 1.67 bits per heavy atom. The molecule has 0 saturated heterocycles. The van der Waals surface area contributed by atoms with Gasteiger partial charge in [-0.15, -0.1) is 0 Å². The third-order valence-corrected chi connectivity index (χ3v) is 4.12. The van der Waals surface area contributed by atoms with Crippen molar-refractivity contribution in [2.45, 2.75) is 10.1 Å². The second kappa shape index (κ2) is 5.14. The van der Waals surface area contributed by atoms with E-state index in [1.54, 1.807) is 11.8 Å². The minimum Gasteiger partial charge on any atom is -0.256 e.